The second kappa shape index (κ2) is 7.27. The van der Waals surface area contributed by atoms with Gasteiger partial charge in [-0.05, 0) is 18.5 Å². The molecule has 0 aliphatic heterocycles. The third kappa shape index (κ3) is 6.06. The van der Waals surface area contributed by atoms with Crippen molar-refractivity contribution in [3.05, 3.63) is 35.9 Å². The Hall–Kier alpha value is -1.07. The second-order valence-corrected chi connectivity index (χ2v) is 6.13. The van der Waals surface area contributed by atoms with Crippen LogP contribution in [0.5, 0.6) is 0 Å². The molecule has 0 aliphatic carbocycles. The van der Waals surface area contributed by atoms with Gasteiger partial charge in [0, 0.05) is 12.0 Å². The summed E-state index contributed by atoms with van der Waals surface area (Å²) in [5.41, 5.74) is 0.0628. The zero-order valence-electron chi connectivity index (χ0n) is 12.8. The van der Waals surface area contributed by atoms with Crippen molar-refractivity contribution in [3.8, 4) is 0 Å². The van der Waals surface area contributed by atoms with Crippen molar-refractivity contribution in [2.45, 2.75) is 39.5 Å². The lowest BCUT2D eigenvalue weighted by Gasteiger charge is -2.36. The van der Waals surface area contributed by atoms with Crippen LogP contribution in [0, 0.1) is 5.41 Å². The van der Waals surface area contributed by atoms with Gasteiger partial charge in [-0.3, -0.25) is 4.90 Å². The molecule has 0 bridgehead atoms. The van der Waals surface area contributed by atoms with Crippen molar-refractivity contribution in [2.24, 2.45) is 5.41 Å². The molecule has 0 spiro atoms. The summed E-state index contributed by atoms with van der Waals surface area (Å²) in [6.07, 6.45) is -4.37. The fourth-order valence-corrected chi connectivity index (χ4v) is 2.53. The molecular weight excluding hydrogens is 279 g/mol. The molecule has 21 heavy (non-hydrogen) atoms. The quantitative estimate of drug-likeness (QED) is 0.822. The summed E-state index contributed by atoms with van der Waals surface area (Å²) in [6.45, 7) is 5.06. The normalized spacial score (nSPS) is 14.5. The smallest absolute Gasteiger partial charge is 0.388 e. The van der Waals surface area contributed by atoms with E-state index in [0.29, 0.717) is 13.0 Å². The molecular formula is C16H24F3NO. The van der Waals surface area contributed by atoms with E-state index in [1.165, 1.54) is 4.90 Å². The minimum absolute atomic E-state index is 0.191. The monoisotopic (exact) mass is 303 g/mol. The number of alkyl halides is 3. The molecule has 0 fully saturated rings. The van der Waals surface area contributed by atoms with Crippen molar-refractivity contribution in [3.63, 3.8) is 0 Å². The molecule has 120 valence electrons. The number of halogens is 3. The molecule has 0 saturated heterocycles. The second-order valence-electron chi connectivity index (χ2n) is 6.13. The first-order valence-electron chi connectivity index (χ1n) is 7.18. The number of hydrogen-bond acceptors (Lipinski definition) is 2. The molecule has 0 aliphatic rings. The average molecular weight is 303 g/mol. The highest BCUT2D eigenvalue weighted by Gasteiger charge is 2.36. The maximum absolute atomic E-state index is 12.6. The number of aliphatic hydroxyl groups excluding tert-OH is 1. The molecule has 1 aromatic carbocycles. The zero-order chi connectivity index (χ0) is 16.1. The molecule has 1 aromatic rings. The van der Waals surface area contributed by atoms with Gasteiger partial charge in [0.05, 0.1) is 12.6 Å². The lowest BCUT2D eigenvalue weighted by atomic mass is 9.82. The highest BCUT2D eigenvalue weighted by atomic mass is 19.4. The summed E-state index contributed by atoms with van der Waals surface area (Å²) in [7, 11) is 0. The maximum Gasteiger partial charge on any atom is 0.401 e. The van der Waals surface area contributed by atoms with Gasteiger partial charge in [-0.2, -0.15) is 13.2 Å². The van der Waals surface area contributed by atoms with E-state index in [1.807, 2.05) is 25.1 Å². The number of hydrogen-bond donors (Lipinski definition) is 1. The van der Waals surface area contributed by atoms with Crippen LogP contribution in [0.1, 0.15) is 38.9 Å². The number of aliphatic hydroxyl groups is 1. The standard InChI is InChI=1S/C16H24F3NO/c1-4-10-20(12-16(17,18)19)11-15(2,3)14(21)13-8-6-5-7-9-13/h5-9,14,21H,4,10-12H2,1-3H3. The van der Waals surface area contributed by atoms with Crippen molar-refractivity contribution < 1.29 is 18.3 Å². The van der Waals surface area contributed by atoms with E-state index in [1.54, 1.807) is 26.0 Å². The molecule has 0 heterocycles. The molecule has 2 nitrogen and oxygen atoms in total. The average Bonchev–Trinajstić information content (AvgIpc) is 2.36. The van der Waals surface area contributed by atoms with Crippen molar-refractivity contribution in [1.82, 2.24) is 4.90 Å². The fourth-order valence-electron chi connectivity index (χ4n) is 2.53. The third-order valence-corrected chi connectivity index (χ3v) is 3.43. The largest absolute Gasteiger partial charge is 0.401 e. The maximum atomic E-state index is 12.6. The van der Waals surface area contributed by atoms with Crippen LogP contribution >= 0.6 is 0 Å². The summed E-state index contributed by atoms with van der Waals surface area (Å²) < 4.78 is 37.9. The first-order valence-corrected chi connectivity index (χ1v) is 7.18. The van der Waals surface area contributed by atoms with E-state index in [9.17, 15) is 18.3 Å². The first-order chi connectivity index (χ1) is 9.65. The van der Waals surface area contributed by atoms with Gasteiger partial charge in [-0.1, -0.05) is 51.1 Å². The van der Waals surface area contributed by atoms with Crippen LogP contribution in [0.15, 0.2) is 30.3 Å². The topological polar surface area (TPSA) is 23.5 Å². The summed E-state index contributed by atoms with van der Waals surface area (Å²) >= 11 is 0. The predicted octanol–water partition coefficient (Wildman–Crippen LogP) is 4.02. The Morgan fingerprint density at radius 3 is 2.14 bits per heavy atom. The van der Waals surface area contributed by atoms with Crippen LogP contribution in [-0.2, 0) is 0 Å². The van der Waals surface area contributed by atoms with Gasteiger partial charge < -0.3 is 5.11 Å². The van der Waals surface area contributed by atoms with E-state index in [-0.39, 0.29) is 6.54 Å². The lowest BCUT2D eigenvalue weighted by Crippen LogP contribution is -2.43. The Labute approximate surface area is 124 Å². The van der Waals surface area contributed by atoms with E-state index in [2.05, 4.69) is 0 Å². The molecule has 1 N–H and O–H groups in total. The van der Waals surface area contributed by atoms with Gasteiger partial charge in [0.25, 0.3) is 0 Å². The first kappa shape index (κ1) is 18.0. The Morgan fingerprint density at radius 1 is 1.10 bits per heavy atom. The molecule has 5 heteroatoms. The third-order valence-electron chi connectivity index (χ3n) is 3.43. The predicted molar refractivity (Wildman–Crippen MR) is 78.0 cm³/mol. The van der Waals surface area contributed by atoms with Gasteiger partial charge >= 0.3 is 6.18 Å². The Kier molecular flexibility index (Phi) is 6.23. The van der Waals surface area contributed by atoms with Crippen molar-refractivity contribution >= 4 is 0 Å². The summed E-state index contributed by atoms with van der Waals surface area (Å²) in [5, 5.41) is 10.5. The van der Waals surface area contributed by atoms with Crippen LogP contribution in [0.2, 0.25) is 0 Å². The van der Waals surface area contributed by atoms with Crippen LogP contribution in [-0.4, -0.2) is 35.8 Å². The molecule has 0 aromatic heterocycles. The molecule has 1 unspecified atom stereocenters. The van der Waals surface area contributed by atoms with Crippen LogP contribution in [0.25, 0.3) is 0 Å². The van der Waals surface area contributed by atoms with E-state index >= 15 is 0 Å². The number of rotatable bonds is 7. The van der Waals surface area contributed by atoms with Gasteiger partial charge in [0.1, 0.15) is 0 Å². The number of benzene rings is 1. The van der Waals surface area contributed by atoms with Crippen molar-refractivity contribution in [1.29, 1.82) is 0 Å². The fraction of sp³-hybridized carbons (Fsp3) is 0.625. The van der Waals surface area contributed by atoms with Gasteiger partial charge in [0.15, 0.2) is 0 Å². The van der Waals surface area contributed by atoms with Gasteiger partial charge in [-0.15, -0.1) is 0 Å². The van der Waals surface area contributed by atoms with Crippen molar-refractivity contribution in [2.75, 3.05) is 19.6 Å². The summed E-state index contributed by atoms with van der Waals surface area (Å²) in [6, 6.07) is 9.05. The van der Waals surface area contributed by atoms with Crippen LogP contribution in [0.3, 0.4) is 0 Å². The zero-order valence-corrected chi connectivity index (χ0v) is 12.8. The van der Waals surface area contributed by atoms with E-state index in [4.69, 9.17) is 0 Å². The highest BCUT2D eigenvalue weighted by Crippen LogP contribution is 2.34. The Bertz CT molecular complexity index is 417. The summed E-state index contributed by atoms with van der Waals surface area (Å²) in [5.74, 6) is 0. The number of nitrogens with zero attached hydrogens (tertiary/aromatic N) is 1. The summed E-state index contributed by atoms with van der Waals surface area (Å²) in [4.78, 5) is 1.37. The SMILES string of the molecule is CCCN(CC(F)(F)F)CC(C)(C)C(O)c1ccccc1. The molecule has 0 saturated carbocycles. The Balaban J connectivity index is 2.80. The molecule has 1 atom stereocenters. The molecule has 1 rings (SSSR count). The lowest BCUT2D eigenvalue weighted by molar-refractivity contribution is -0.151. The molecule has 0 radical (unpaired) electrons. The van der Waals surface area contributed by atoms with E-state index < -0.39 is 24.2 Å². The minimum Gasteiger partial charge on any atom is -0.388 e. The minimum atomic E-state index is -4.22. The molecule has 0 amide bonds. The van der Waals surface area contributed by atoms with Crippen LogP contribution in [0.4, 0.5) is 13.2 Å². The van der Waals surface area contributed by atoms with Gasteiger partial charge in [0.2, 0.25) is 0 Å². The van der Waals surface area contributed by atoms with Crippen LogP contribution < -0.4 is 0 Å². The van der Waals surface area contributed by atoms with Gasteiger partial charge in [-0.25, -0.2) is 0 Å². The highest BCUT2D eigenvalue weighted by molar-refractivity contribution is 5.19. The van der Waals surface area contributed by atoms with E-state index in [0.717, 1.165) is 5.56 Å². The Morgan fingerprint density at radius 2 is 1.67 bits per heavy atom.